The summed E-state index contributed by atoms with van der Waals surface area (Å²) in [6.07, 6.45) is 5.15. The van der Waals surface area contributed by atoms with Gasteiger partial charge in [0, 0.05) is 18.0 Å². The summed E-state index contributed by atoms with van der Waals surface area (Å²) in [7, 11) is 1.99. The van der Waals surface area contributed by atoms with Crippen LogP contribution in [-0.2, 0) is 0 Å². The maximum atomic E-state index is 6.48. The molecule has 1 aromatic heterocycles. The van der Waals surface area contributed by atoms with Crippen molar-refractivity contribution < 1.29 is 4.42 Å². The van der Waals surface area contributed by atoms with Crippen LogP contribution in [0.4, 0.5) is 0 Å². The van der Waals surface area contributed by atoms with E-state index < -0.39 is 0 Å². The highest BCUT2D eigenvalue weighted by atomic mass is 16.3. The van der Waals surface area contributed by atoms with Crippen molar-refractivity contribution in [1.82, 2.24) is 10.3 Å². The van der Waals surface area contributed by atoms with E-state index in [1.54, 1.807) is 0 Å². The van der Waals surface area contributed by atoms with Crippen molar-refractivity contribution in [1.29, 1.82) is 0 Å². The fraction of sp³-hybridized carbons (Fsp3) is 0.500. The molecule has 0 saturated heterocycles. The molecule has 0 amide bonds. The molecule has 2 aromatic rings. The first-order chi connectivity index (χ1) is 8.75. The van der Waals surface area contributed by atoms with Crippen molar-refractivity contribution >= 4 is 11.1 Å². The molecule has 4 nitrogen and oxygen atoms in total. The van der Waals surface area contributed by atoms with Crippen LogP contribution < -0.4 is 11.1 Å². The van der Waals surface area contributed by atoms with E-state index >= 15 is 0 Å². The average Bonchev–Trinajstić information content (AvgIpc) is 2.80. The summed E-state index contributed by atoms with van der Waals surface area (Å²) in [5, 5.41) is 3.28. The monoisotopic (exact) mass is 245 g/mol. The van der Waals surface area contributed by atoms with Gasteiger partial charge in [-0.3, -0.25) is 0 Å². The van der Waals surface area contributed by atoms with Crippen molar-refractivity contribution in [2.24, 2.45) is 11.1 Å². The molecule has 4 heteroatoms. The maximum Gasteiger partial charge on any atom is 0.181 e. The summed E-state index contributed by atoms with van der Waals surface area (Å²) < 4.78 is 5.35. The second-order valence-electron chi connectivity index (χ2n) is 5.30. The van der Waals surface area contributed by atoms with E-state index in [2.05, 4.69) is 16.4 Å². The number of nitrogens with one attached hydrogen (secondary N) is 1. The third kappa shape index (κ3) is 1.72. The average molecular weight is 245 g/mol. The minimum Gasteiger partial charge on any atom is -0.443 e. The van der Waals surface area contributed by atoms with Crippen molar-refractivity contribution in [3.63, 3.8) is 0 Å². The van der Waals surface area contributed by atoms with E-state index in [0.29, 0.717) is 0 Å². The Kier molecular flexibility index (Phi) is 2.84. The summed E-state index contributed by atoms with van der Waals surface area (Å²) in [4.78, 5) is 4.13. The fourth-order valence-corrected chi connectivity index (χ4v) is 3.00. The molecule has 3 N–H and O–H groups in total. The fourth-order valence-electron chi connectivity index (χ4n) is 3.00. The van der Waals surface area contributed by atoms with Crippen LogP contribution in [-0.4, -0.2) is 18.6 Å². The number of aromatic nitrogens is 1. The van der Waals surface area contributed by atoms with Gasteiger partial charge in [-0.05, 0) is 37.6 Å². The second-order valence-corrected chi connectivity index (χ2v) is 5.30. The van der Waals surface area contributed by atoms with Gasteiger partial charge in [0.2, 0.25) is 0 Å². The molecule has 1 aromatic carbocycles. The van der Waals surface area contributed by atoms with Crippen molar-refractivity contribution in [3.05, 3.63) is 30.2 Å². The zero-order valence-corrected chi connectivity index (χ0v) is 10.6. The van der Waals surface area contributed by atoms with E-state index in [4.69, 9.17) is 10.2 Å². The van der Waals surface area contributed by atoms with Gasteiger partial charge in [0.1, 0.15) is 5.52 Å². The lowest BCUT2D eigenvalue weighted by atomic mass is 9.62. The van der Waals surface area contributed by atoms with E-state index in [0.717, 1.165) is 23.2 Å². The number of hydrogen-bond donors (Lipinski definition) is 2. The van der Waals surface area contributed by atoms with Crippen molar-refractivity contribution in [3.8, 4) is 0 Å². The lowest BCUT2D eigenvalue weighted by Gasteiger charge is -2.46. The highest BCUT2D eigenvalue weighted by Crippen LogP contribution is 2.48. The summed E-state index contributed by atoms with van der Waals surface area (Å²) >= 11 is 0. The molecule has 0 aliphatic heterocycles. The lowest BCUT2D eigenvalue weighted by Crippen LogP contribution is -2.46. The van der Waals surface area contributed by atoms with Crippen LogP contribution in [0.2, 0.25) is 0 Å². The number of oxazole rings is 1. The van der Waals surface area contributed by atoms with Gasteiger partial charge in [-0.15, -0.1) is 0 Å². The van der Waals surface area contributed by atoms with Gasteiger partial charge in [-0.25, -0.2) is 4.98 Å². The summed E-state index contributed by atoms with van der Waals surface area (Å²) in [5.74, 6) is 0. The van der Waals surface area contributed by atoms with E-state index in [1.807, 2.05) is 19.2 Å². The largest absolute Gasteiger partial charge is 0.443 e. The molecular formula is C14H19N3O. The van der Waals surface area contributed by atoms with E-state index in [1.165, 1.54) is 25.7 Å². The minimum atomic E-state index is 0.0631. The highest BCUT2D eigenvalue weighted by molar-refractivity contribution is 5.73. The highest BCUT2D eigenvalue weighted by Gasteiger charge is 2.42. The minimum absolute atomic E-state index is 0.0631. The quantitative estimate of drug-likeness (QED) is 0.867. The summed E-state index contributed by atoms with van der Waals surface area (Å²) in [5.41, 5.74) is 9.55. The molecule has 1 fully saturated rings. The Morgan fingerprint density at radius 1 is 1.50 bits per heavy atom. The first-order valence-corrected chi connectivity index (χ1v) is 6.48. The third-order valence-electron chi connectivity index (χ3n) is 4.25. The molecule has 1 atom stereocenters. The van der Waals surface area contributed by atoms with Gasteiger partial charge in [0.05, 0.1) is 0 Å². The Morgan fingerprint density at radius 2 is 2.33 bits per heavy atom. The number of nitrogens with zero attached hydrogens (tertiary/aromatic N) is 1. The van der Waals surface area contributed by atoms with Crippen LogP contribution in [0.25, 0.3) is 11.1 Å². The topological polar surface area (TPSA) is 64.1 Å². The van der Waals surface area contributed by atoms with Crippen LogP contribution in [0.1, 0.15) is 30.9 Å². The van der Waals surface area contributed by atoms with Gasteiger partial charge in [-0.2, -0.15) is 0 Å². The molecule has 1 unspecified atom stereocenters. The Hall–Kier alpha value is -1.39. The van der Waals surface area contributed by atoms with Crippen LogP contribution in [0.15, 0.2) is 29.0 Å². The van der Waals surface area contributed by atoms with E-state index in [-0.39, 0.29) is 11.5 Å². The van der Waals surface area contributed by atoms with Crippen molar-refractivity contribution in [2.75, 3.05) is 13.6 Å². The SMILES string of the molecule is CNCC1(C(N)c2ccc3ncoc3c2)CCC1. The summed E-state index contributed by atoms with van der Waals surface area (Å²) in [6, 6.07) is 6.15. The molecule has 1 heterocycles. The number of nitrogens with two attached hydrogens (primary N) is 1. The molecule has 1 aliphatic rings. The number of rotatable bonds is 4. The molecular weight excluding hydrogens is 226 g/mol. The zero-order chi connectivity index (χ0) is 12.6. The second kappa shape index (κ2) is 4.37. The third-order valence-corrected chi connectivity index (χ3v) is 4.25. The van der Waals surface area contributed by atoms with Crippen LogP contribution in [0.5, 0.6) is 0 Å². The molecule has 0 radical (unpaired) electrons. The Balaban J connectivity index is 1.92. The van der Waals surface area contributed by atoms with Gasteiger partial charge >= 0.3 is 0 Å². The van der Waals surface area contributed by atoms with Gasteiger partial charge in [-0.1, -0.05) is 12.5 Å². The van der Waals surface area contributed by atoms with Gasteiger partial charge < -0.3 is 15.5 Å². The lowest BCUT2D eigenvalue weighted by molar-refractivity contribution is 0.0948. The molecule has 0 spiro atoms. The first kappa shape index (κ1) is 11.7. The maximum absolute atomic E-state index is 6.48. The summed E-state index contributed by atoms with van der Waals surface area (Å²) in [6.45, 7) is 0.975. The van der Waals surface area contributed by atoms with Crippen LogP contribution in [0, 0.1) is 5.41 Å². The number of fused-ring (bicyclic) bond motifs is 1. The predicted octanol–water partition coefficient (Wildman–Crippen LogP) is 2.22. The Labute approximate surface area is 107 Å². The zero-order valence-electron chi connectivity index (χ0n) is 10.6. The van der Waals surface area contributed by atoms with Gasteiger partial charge in [0.25, 0.3) is 0 Å². The number of benzene rings is 1. The molecule has 0 bridgehead atoms. The molecule has 96 valence electrons. The molecule has 1 aliphatic carbocycles. The molecule has 3 rings (SSSR count). The smallest absolute Gasteiger partial charge is 0.181 e. The van der Waals surface area contributed by atoms with E-state index in [9.17, 15) is 0 Å². The standard InChI is InChI=1S/C14H19N3O/c1-16-8-14(5-2-6-14)13(15)10-3-4-11-12(7-10)18-9-17-11/h3-4,7,9,13,16H,2,5-6,8,15H2,1H3. The molecule has 18 heavy (non-hydrogen) atoms. The van der Waals surface area contributed by atoms with Crippen LogP contribution in [0.3, 0.4) is 0 Å². The van der Waals surface area contributed by atoms with Gasteiger partial charge in [0.15, 0.2) is 12.0 Å². The first-order valence-electron chi connectivity index (χ1n) is 6.48. The molecule has 1 saturated carbocycles. The number of hydrogen-bond acceptors (Lipinski definition) is 4. The Bertz CT molecular complexity index is 545. The predicted molar refractivity (Wildman–Crippen MR) is 71.1 cm³/mol. The normalized spacial score (nSPS) is 19.7. The van der Waals surface area contributed by atoms with Crippen molar-refractivity contribution in [2.45, 2.75) is 25.3 Å². The van der Waals surface area contributed by atoms with Crippen LogP contribution >= 0.6 is 0 Å². The Morgan fingerprint density at radius 3 is 3.00 bits per heavy atom.